The Bertz CT molecular complexity index is 425. The van der Waals surface area contributed by atoms with Gasteiger partial charge < -0.3 is 5.32 Å². The standard InChI is InChI=1S/C11H11F3N2O/c12-11(13,14)8-3-5-15-6-7(8)10(17)9-2-1-4-16-9/h3,5-6,9,16H,1-2,4H2. The van der Waals surface area contributed by atoms with Crippen LogP contribution in [0.4, 0.5) is 13.2 Å². The smallest absolute Gasteiger partial charge is 0.307 e. The first-order chi connectivity index (χ1) is 8.00. The van der Waals surface area contributed by atoms with E-state index in [4.69, 9.17) is 0 Å². The van der Waals surface area contributed by atoms with E-state index in [2.05, 4.69) is 10.3 Å². The lowest BCUT2D eigenvalue weighted by molar-refractivity contribution is -0.138. The molecule has 0 saturated carbocycles. The zero-order valence-electron chi connectivity index (χ0n) is 8.92. The highest BCUT2D eigenvalue weighted by molar-refractivity contribution is 6.01. The summed E-state index contributed by atoms with van der Waals surface area (Å²) in [4.78, 5) is 15.5. The number of carbonyl (C=O) groups is 1. The molecule has 0 amide bonds. The zero-order valence-corrected chi connectivity index (χ0v) is 8.92. The summed E-state index contributed by atoms with van der Waals surface area (Å²) >= 11 is 0. The van der Waals surface area contributed by atoms with E-state index in [1.165, 1.54) is 0 Å². The number of nitrogens with zero attached hydrogens (tertiary/aromatic N) is 1. The molecule has 1 N–H and O–H groups in total. The largest absolute Gasteiger partial charge is 0.417 e. The number of halogens is 3. The maximum Gasteiger partial charge on any atom is 0.417 e. The molecular formula is C11H11F3N2O. The molecule has 1 saturated heterocycles. The second-order valence-electron chi connectivity index (χ2n) is 3.93. The van der Waals surface area contributed by atoms with Crippen molar-refractivity contribution >= 4 is 5.78 Å². The first-order valence-corrected chi connectivity index (χ1v) is 5.29. The van der Waals surface area contributed by atoms with E-state index in [0.29, 0.717) is 13.0 Å². The fourth-order valence-electron chi connectivity index (χ4n) is 1.93. The van der Waals surface area contributed by atoms with Gasteiger partial charge in [0.05, 0.1) is 11.6 Å². The molecule has 0 spiro atoms. The van der Waals surface area contributed by atoms with Crippen molar-refractivity contribution in [2.45, 2.75) is 25.1 Å². The molecule has 1 fully saturated rings. The number of aromatic nitrogens is 1. The maximum absolute atomic E-state index is 12.7. The fraction of sp³-hybridized carbons (Fsp3) is 0.455. The second-order valence-corrected chi connectivity index (χ2v) is 3.93. The van der Waals surface area contributed by atoms with Gasteiger partial charge in [-0.2, -0.15) is 13.2 Å². The molecule has 1 atom stereocenters. The van der Waals surface area contributed by atoms with Gasteiger partial charge in [-0.15, -0.1) is 0 Å². The van der Waals surface area contributed by atoms with Crippen molar-refractivity contribution in [2.24, 2.45) is 0 Å². The number of ketones is 1. The van der Waals surface area contributed by atoms with Crippen molar-refractivity contribution in [1.29, 1.82) is 0 Å². The Morgan fingerprint density at radius 1 is 1.47 bits per heavy atom. The van der Waals surface area contributed by atoms with Crippen molar-refractivity contribution in [3.8, 4) is 0 Å². The minimum Gasteiger partial charge on any atom is -0.307 e. The van der Waals surface area contributed by atoms with Crippen LogP contribution in [-0.2, 0) is 6.18 Å². The van der Waals surface area contributed by atoms with E-state index in [1.54, 1.807) is 0 Å². The van der Waals surface area contributed by atoms with Gasteiger partial charge >= 0.3 is 6.18 Å². The highest BCUT2D eigenvalue weighted by atomic mass is 19.4. The fourth-order valence-corrected chi connectivity index (χ4v) is 1.93. The molecule has 0 radical (unpaired) electrons. The Kier molecular flexibility index (Phi) is 3.15. The zero-order chi connectivity index (χ0) is 12.5. The quantitative estimate of drug-likeness (QED) is 0.809. The highest BCUT2D eigenvalue weighted by Crippen LogP contribution is 2.32. The molecule has 1 aromatic heterocycles. The number of nitrogens with one attached hydrogen (secondary N) is 1. The number of Topliss-reactive ketones (excluding diaryl/α,β-unsaturated/α-hetero) is 1. The van der Waals surface area contributed by atoms with Gasteiger partial charge in [-0.1, -0.05) is 0 Å². The van der Waals surface area contributed by atoms with Crippen LogP contribution in [0.25, 0.3) is 0 Å². The lowest BCUT2D eigenvalue weighted by Crippen LogP contribution is -2.32. The molecule has 1 aliphatic heterocycles. The third-order valence-corrected chi connectivity index (χ3v) is 2.77. The van der Waals surface area contributed by atoms with Gasteiger partial charge in [0.1, 0.15) is 0 Å². The van der Waals surface area contributed by atoms with Crippen LogP contribution >= 0.6 is 0 Å². The summed E-state index contributed by atoms with van der Waals surface area (Å²) in [7, 11) is 0. The minimum atomic E-state index is -4.52. The summed E-state index contributed by atoms with van der Waals surface area (Å²) in [6.45, 7) is 0.665. The molecule has 3 nitrogen and oxygen atoms in total. The monoisotopic (exact) mass is 244 g/mol. The molecule has 92 valence electrons. The van der Waals surface area contributed by atoms with Crippen molar-refractivity contribution in [3.05, 3.63) is 29.6 Å². The van der Waals surface area contributed by atoms with Gasteiger partial charge in [0.2, 0.25) is 0 Å². The van der Waals surface area contributed by atoms with E-state index >= 15 is 0 Å². The van der Waals surface area contributed by atoms with Gasteiger partial charge in [-0.05, 0) is 25.5 Å². The van der Waals surface area contributed by atoms with Gasteiger partial charge in [0.25, 0.3) is 0 Å². The average Bonchev–Trinajstić information content (AvgIpc) is 2.80. The van der Waals surface area contributed by atoms with E-state index in [9.17, 15) is 18.0 Å². The van der Waals surface area contributed by atoms with Crippen LogP contribution in [0.15, 0.2) is 18.5 Å². The number of alkyl halides is 3. The molecule has 2 heterocycles. The van der Waals surface area contributed by atoms with E-state index in [1.807, 2.05) is 0 Å². The summed E-state index contributed by atoms with van der Waals surface area (Å²) < 4.78 is 38.1. The van der Waals surface area contributed by atoms with E-state index < -0.39 is 23.6 Å². The molecule has 0 aliphatic carbocycles. The SMILES string of the molecule is O=C(c1cnccc1C(F)(F)F)C1CCCN1. The predicted octanol–water partition coefficient (Wildman–Crippen LogP) is 2.04. The van der Waals surface area contributed by atoms with Gasteiger partial charge in [-0.25, -0.2) is 0 Å². The van der Waals surface area contributed by atoms with Crippen LogP contribution in [0, 0.1) is 0 Å². The van der Waals surface area contributed by atoms with Crippen LogP contribution in [0.5, 0.6) is 0 Å². The molecule has 1 aliphatic rings. The maximum atomic E-state index is 12.7. The minimum absolute atomic E-state index is 0.348. The topological polar surface area (TPSA) is 42.0 Å². The average molecular weight is 244 g/mol. The first-order valence-electron chi connectivity index (χ1n) is 5.29. The van der Waals surface area contributed by atoms with Crippen molar-refractivity contribution in [2.75, 3.05) is 6.54 Å². The van der Waals surface area contributed by atoms with Crippen LogP contribution < -0.4 is 5.32 Å². The molecule has 1 unspecified atom stereocenters. The van der Waals surface area contributed by atoms with Gasteiger partial charge in [0, 0.05) is 18.0 Å². The summed E-state index contributed by atoms with van der Waals surface area (Å²) in [5, 5.41) is 2.89. The Labute approximate surface area is 96.0 Å². The third kappa shape index (κ3) is 2.46. The molecule has 1 aromatic rings. The van der Waals surface area contributed by atoms with Crippen molar-refractivity contribution in [3.63, 3.8) is 0 Å². The van der Waals surface area contributed by atoms with E-state index in [0.717, 1.165) is 24.9 Å². The molecular weight excluding hydrogens is 233 g/mol. The summed E-state index contributed by atoms with van der Waals surface area (Å²) in [6, 6.07) is 0.322. The predicted molar refractivity (Wildman–Crippen MR) is 54.6 cm³/mol. The Hall–Kier alpha value is -1.43. The molecule has 6 heteroatoms. The Morgan fingerprint density at radius 2 is 2.24 bits per heavy atom. The summed E-state index contributed by atoms with van der Waals surface area (Å²) in [5.41, 5.74) is -1.26. The van der Waals surface area contributed by atoms with Gasteiger partial charge in [0.15, 0.2) is 5.78 Å². The Balaban J connectivity index is 2.34. The lowest BCUT2D eigenvalue weighted by atomic mass is 10.00. The van der Waals surface area contributed by atoms with Crippen molar-refractivity contribution < 1.29 is 18.0 Å². The number of rotatable bonds is 2. The van der Waals surface area contributed by atoms with Crippen molar-refractivity contribution in [1.82, 2.24) is 10.3 Å². The third-order valence-electron chi connectivity index (χ3n) is 2.77. The molecule has 17 heavy (non-hydrogen) atoms. The van der Waals surface area contributed by atoms with Crippen LogP contribution in [0.3, 0.4) is 0 Å². The summed E-state index contributed by atoms with van der Waals surface area (Å²) in [6.07, 6.45) is -1.11. The summed E-state index contributed by atoms with van der Waals surface area (Å²) in [5.74, 6) is -0.525. The normalized spacial score (nSPS) is 20.5. The highest BCUT2D eigenvalue weighted by Gasteiger charge is 2.37. The number of hydrogen-bond acceptors (Lipinski definition) is 3. The molecule has 2 rings (SSSR count). The van der Waals surface area contributed by atoms with Crippen LogP contribution in [-0.4, -0.2) is 23.4 Å². The first kappa shape index (κ1) is 12.0. The van der Waals surface area contributed by atoms with E-state index in [-0.39, 0.29) is 5.56 Å². The number of pyridine rings is 1. The number of carbonyl (C=O) groups excluding carboxylic acids is 1. The van der Waals surface area contributed by atoms with Crippen LogP contribution in [0.1, 0.15) is 28.8 Å². The molecule has 0 bridgehead atoms. The lowest BCUT2D eigenvalue weighted by Gasteiger charge is -2.14. The molecule has 0 aromatic carbocycles. The van der Waals surface area contributed by atoms with Crippen LogP contribution in [0.2, 0.25) is 0 Å². The number of hydrogen-bond donors (Lipinski definition) is 1. The Morgan fingerprint density at radius 3 is 2.82 bits per heavy atom. The van der Waals surface area contributed by atoms with Gasteiger partial charge in [-0.3, -0.25) is 9.78 Å². The second kappa shape index (κ2) is 4.44.